The predicted molar refractivity (Wildman–Crippen MR) is 129 cm³/mol. The van der Waals surface area contributed by atoms with Gasteiger partial charge in [-0.2, -0.15) is 4.31 Å². The van der Waals surface area contributed by atoms with Crippen LogP contribution in [-0.4, -0.2) is 67.9 Å². The summed E-state index contributed by atoms with van der Waals surface area (Å²) in [4.78, 5) is 17.5. The van der Waals surface area contributed by atoms with E-state index in [1.807, 2.05) is 49.9 Å². The quantitative estimate of drug-likeness (QED) is 0.741. The molecular formula is C25H33N3O4S. The third-order valence-corrected chi connectivity index (χ3v) is 9.02. The summed E-state index contributed by atoms with van der Waals surface area (Å²) in [6, 6.07) is 11.1. The number of sulfonamides is 1. The number of piperazine rings is 1. The van der Waals surface area contributed by atoms with Crippen molar-refractivity contribution in [3.63, 3.8) is 0 Å². The van der Waals surface area contributed by atoms with Crippen molar-refractivity contribution in [2.45, 2.75) is 38.5 Å². The molecule has 0 saturated carbocycles. The van der Waals surface area contributed by atoms with Gasteiger partial charge in [0.05, 0.1) is 10.6 Å². The van der Waals surface area contributed by atoms with Gasteiger partial charge in [0.25, 0.3) is 0 Å². The first kappa shape index (κ1) is 23.6. The van der Waals surface area contributed by atoms with Crippen molar-refractivity contribution in [2.24, 2.45) is 5.92 Å². The lowest BCUT2D eigenvalue weighted by molar-refractivity contribution is -0.137. The standard InChI is InChI=1S/C25H33N3O4S/c1-18-16-19(2)24(20(3)17-18)33(31,32)28-10-8-21(9-11-28)25(30)27-14-12-26(13-15-27)22-6-4-5-7-23(22)29/h4-7,16-17,21,29H,8-15H2,1-3H3. The zero-order chi connectivity index (χ0) is 23.8. The third kappa shape index (κ3) is 4.73. The maximum atomic E-state index is 13.3. The molecule has 2 aromatic rings. The molecule has 0 radical (unpaired) electrons. The van der Waals surface area contributed by atoms with E-state index < -0.39 is 10.0 Å². The maximum Gasteiger partial charge on any atom is 0.243 e. The maximum absolute atomic E-state index is 13.3. The number of carbonyl (C=O) groups excluding carboxylic acids is 1. The van der Waals surface area contributed by atoms with Gasteiger partial charge in [0, 0.05) is 45.2 Å². The van der Waals surface area contributed by atoms with Crippen LogP contribution in [0.3, 0.4) is 0 Å². The van der Waals surface area contributed by atoms with Gasteiger partial charge in [-0.3, -0.25) is 4.79 Å². The summed E-state index contributed by atoms with van der Waals surface area (Å²) in [5.41, 5.74) is 3.39. The molecule has 178 valence electrons. The van der Waals surface area contributed by atoms with Crippen molar-refractivity contribution in [3.8, 4) is 5.75 Å². The van der Waals surface area contributed by atoms with E-state index in [0.29, 0.717) is 57.0 Å². The van der Waals surface area contributed by atoms with E-state index >= 15 is 0 Å². The van der Waals surface area contributed by atoms with Crippen LogP contribution < -0.4 is 4.90 Å². The average Bonchev–Trinajstić information content (AvgIpc) is 2.78. The number of para-hydroxylation sites is 2. The Kier molecular flexibility index (Phi) is 6.68. The number of anilines is 1. The Morgan fingerprint density at radius 1 is 0.909 bits per heavy atom. The third-order valence-electron chi connectivity index (χ3n) is 6.82. The second-order valence-electron chi connectivity index (χ2n) is 9.21. The van der Waals surface area contributed by atoms with Crippen LogP contribution in [0.2, 0.25) is 0 Å². The van der Waals surface area contributed by atoms with E-state index in [2.05, 4.69) is 4.90 Å². The summed E-state index contributed by atoms with van der Waals surface area (Å²) < 4.78 is 28.2. The normalized spacial score (nSPS) is 18.5. The molecule has 2 heterocycles. The zero-order valence-electron chi connectivity index (χ0n) is 19.6. The molecule has 2 saturated heterocycles. The number of hydrogen-bond acceptors (Lipinski definition) is 5. The number of piperidine rings is 1. The minimum absolute atomic E-state index is 0.117. The molecule has 0 spiro atoms. The minimum atomic E-state index is -3.58. The van der Waals surface area contributed by atoms with E-state index in [1.165, 1.54) is 4.31 Å². The Hall–Kier alpha value is -2.58. The first-order valence-corrected chi connectivity index (χ1v) is 13.0. The monoisotopic (exact) mass is 471 g/mol. The number of benzene rings is 2. The molecule has 2 fully saturated rings. The smallest absolute Gasteiger partial charge is 0.243 e. The number of aromatic hydroxyl groups is 1. The number of carbonyl (C=O) groups is 1. The highest BCUT2D eigenvalue weighted by atomic mass is 32.2. The number of aryl methyl sites for hydroxylation is 3. The lowest BCUT2D eigenvalue weighted by Crippen LogP contribution is -2.52. The SMILES string of the molecule is Cc1cc(C)c(S(=O)(=O)N2CCC(C(=O)N3CCN(c4ccccc4O)CC3)CC2)c(C)c1. The molecule has 0 atom stereocenters. The van der Waals surface area contributed by atoms with Crippen molar-refractivity contribution in [2.75, 3.05) is 44.2 Å². The molecule has 1 N–H and O–H groups in total. The van der Waals surface area contributed by atoms with Gasteiger partial charge in [0.15, 0.2) is 0 Å². The second kappa shape index (κ2) is 9.35. The molecule has 2 aromatic carbocycles. The Labute approximate surface area is 196 Å². The Morgan fingerprint density at radius 3 is 2.06 bits per heavy atom. The number of hydrogen-bond donors (Lipinski definition) is 1. The molecule has 7 nitrogen and oxygen atoms in total. The van der Waals surface area contributed by atoms with Gasteiger partial charge in [0.1, 0.15) is 5.75 Å². The topological polar surface area (TPSA) is 81.2 Å². The van der Waals surface area contributed by atoms with Gasteiger partial charge in [0.2, 0.25) is 15.9 Å². The fourth-order valence-electron chi connectivity index (χ4n) is 5.20. The van der Waals surface area contributed by atoms with Gasteiger partial charge < -0.3 is 14.9 Å². The largest absolute Gasteiger partial charge is 0.506 e. The van der Waals surface area contributed by atoms with Crippen molar-refractivity contribution in [3.05, 3.63) is 53.1 Å². The summed E-state index contributed by atoms with van der Waals surface area (Å²) >= 11 is 0. The summed E-state index contributed by atoms with van der Waals surface area (Å²) in [5.74, 6) is 0.227. The molecule has 33 heavy (non-hydrogen) atoms. The Morgan fingerprint density at radius 2 is 1.48 bits per heavy atom. The molecule has 2 aliphatic rings. The highest BCUT2D eigenvalue weighted by Gasteiger charge is 2.35. The van der Waals surface area contributed by atoms with E-state index in [9.17, 15) is 18.3 Å². The zero-order valence-corrected chi connectivity index (χ0v) is 20.4. The summed E-state index contributed by atoms with van der Waals surface area (Å²) in [6.07, 6.45) is 1.09. The molecular weight excluding hydrogens is 438 g/mol. The van der Waals surface area contributed by atoms with Crippen LogP contribution in [0.5, 0.6) is 5.75 Å². The van der Waals surface area contributed by atoms with E-state index in [0.717, 1.165) is 22.4 Å². The average molecular weight is 472 g/mol. The summed E-state index contributed by atoms with van der Waals surface area (Å²) in [6.45, 7) is 8.93. The second-order valence-corrected chi connectivity index (χ2v) is 11.1. The molecule has 2 aliphatic heterocycles. The van der Waals surface area contributed by atoms with Crippen LogP contribution >= 0.6 is 0 Å². The van der Waals surface area contributed by atoms with Crippen molar-refractivity contribution in [1.29, 1.82) is 0 Å². The molecule has 0 aromatic heterocycles. The number of rotatable bonds is 4. The minimum Gasteiger partial charge on any atom is -0.506 e. The van der Waals surface area contributed by atoms with Crippen molar-refractivity contribution >= 4 is 21.6 Å². The molecule has 0 bridgehead atoms. The molecule has 8 heteroatoms. The van der Waals surface area contributed by atoms with Gasteiger partial charge in [-0.25, -0.2) is 8.42 Å². The van der Waals surface area contributed by atoms with Gasteiger partial charge in [-0.05, 0) is 56.9 Å². The number of nitrogens with zero attached hydrogens (tertiary/aromatic N) is 3. The highest BCUT2D eigenvalue weighted by molar-refractivity contribution is 7.89. The fraction of sp³-hybridized carbons (Fsp3) is 0.480. The van der Waals surface area contributed by atoms with Crippen LogP contribution in [0.1, 0.15) is 29.5 Å². The summed E-state index contributed by atoms with van der Waals surface area (Å²) in [7, 11) is -3.58. The van der Waals surface area contributed by atoms with Crippen LogP contribution in [0.15, 0.2) is 41.3 Å². The number of phenols is 1. The molecule has 4 rings (SSSR count). The first-order chi connectivity index (χ1) is 15.7. The van der Waals surface area contributed by atoms with Gasteiger partial charge >= 0.3 is 0 Å². The van der Waals surface area contributed by atoms with Gasteiger partial charge in [-0.1, -0.05) is 29.8 Å². The molecule has 1 amide bonds. The number of phenolic OH excluding ortho intramolecular Hbond substituents is 1. The van der Waals surface area contributed by atoms with Crippen LogP contribution in [-0.2, 0) is 14.8 Å². The van der Waals surface area contributed by atoms with Crippen LogP contribution in [0, 0.1) is 26.7 Å². The van der Waals surface area contributed by atoms with E-state index in [4.69, 9.17) is 0 Å². The Balaban J connectivity index is 1.36. The van der Waals surface area contributed by atoms with E-state index in [-0.39, 0.29) is 17.6 Å². The van der Waals surface area contributed by atoms with Crippen molar-refractivity contribution in [1.82, 2.24) is 9.21 Å². The van der Waals surface area contributed by atoms with Gasteiger partial charge in [-0.15, -0.1) is 0 Å². The van der Waals surface area contributed by atoms with Crippen molar-refractivity contribution < 1.29 is 18.3 Å². The van der Waals surface area contributed by atoms with E-state index in [1.54, 1.807) is 12.1 Å². The van der Waals surface area contributed by atoms with Crippen LogP contribution in [0.4, 0.5) is 5.69 Å². The highest BCUT2D eigenvalue weighted by Crippen LogP contribution is 2.31. The summed E-state index contributed by atoms with van der Waals surface area (Å²) in [5, 5.41) is 10.1. The fourth-order valence-corrected chi connectivity index (χ4v) is 7.08. The molecule has 0 aliphatic carbocycles. The van der Waals surface area contributed by atoms with Crippen LogP contribution in [0.25, 0.3) is 0 Å². The molecule has 0 unspecified atom stereocenters. The number of amides is 1. The lowest BCUT2D eigenvalue weighted by atomic mass is 9.96. The lowest BCUT2D eigenvalue weighted by Gasteiger charge is -2.39. The first-order valence-electron chi connectivity index (χ1n) is 11.6. The Bertz CT molecular complexity index is 1110. The predicted octanol–water partition coefficient (Wildman–Crippen LogP) is 3.07.